The van der Waals surface area contributed by atoms with Crippen LogP contribution in [0.5, 0.6) is 0 Å². The molecule has 0 amide bonds. The van der Waals surface area contributed by atoms with Gasteiger partial charge in [0, 0.05) is 27.7 Å². The molecule has 38 heavy (non-hydrogen) atoms. The second-order valence-electron chi connectivity index (χ2n) is 10.5. The Bertz CT molecular complexity index is 2130. The van der Waals surface area contributed by atoms with Crippen LogP contribution in [0.3, 0.4) is 0 Å². The number of hydrogen-bond donors (Lipinski definition) is 0. The molecule has 0 saturated carbocycles. The molecule has 0 fully saturated rings. The highest BCUT2D eigenvalue weighted by Crippen LogP contribution is 2.55. The molecule has 0 aliphatic heterocycles. The molecule has 2 unspecified atom stereocenters. The van der Waals surface area contributed by atoms with Crippen LogP contribution >= 0.6 is 0 Å². The molecule has 4 heterocycles. The van der Waals surface area contributed by atoms with E-state index >= 15 is 0 Å². The van der Waals surface area contributed by atoms with Crippen LogP contribution in [-0.2, 0) is 7.05 Å². The summed E-state index contributed by atoms with van der Waals surface area (Å²) in [5.41, 5.74) is 12.5. The summed E-state index contributed by atoms with van der Waals surface area (Å²) >= 11 is 0. The third-order valence-corrected chi connectivity index (χ3v) is 8.66. The van der Waals surface area contributed by atoms with Crippen molar-refractivity contribution in [3.05, 3.63) is 125 Å². The van der Waals surface area contributed by atoms with E-state index in [1.165, 1.54) is 27.9 Å². The average molecular weight is 493 g/mol. The monoisotopic (exact) mass is 492 g/mol. The van der Waals surface area contributed by atoms with Crippen molar-refractivity contribution in [1.82, 2.24) is 9.97 Å². The molecule has 10 rings (SSSR count). The van der Waals surface area contributed by atoms with Gasteiger partial charge in [-0.1, -0.05) is 36.4 Å². The van der Waals surface area contributed by atoms with Crippen LogP contribution in [0.15, 0.2) is 94.4 Å². The van der Waals surface area contributed by atoms with Gasteiger partial charge in [-0.2, -0.15) is 4.57 Å². The van der Waals surface area contributed by atoms with E-state index in [9.17, 15) is 0 Å². The Morgan fingerprint density at radius 3 is 2.37 bits per heavy atom. The fraction of sp³-hybridized carbons (Fsp3) is 0.121. The lowest BCUT2D eigenvalue weighted by Crippen LogP contribution is -2.45. The van der Waals surface area contributed by atoms with Crippen LogP contribution in [0.25, 0.3) is 44.1 Å². The Balaban J connectivity index is 1.35. The summed E-state index contributed by atoms with van der Waals surface area (Å²) in [5.74, 6) is 0.183. The molecule has 4 aromatic heterocycles. The summed E-state index contributed by atoms with van der Waals surface area (Å²) in [4.78, 5) is 9.69. The minimum atomic E-state index is 0.0908. The van der Waals surface area contributed by atoms with Crippen molar-refractivity contribution >= 4 is 32.8 Å². The lowest BCUT2D eigenvalue weighted by molar-refractivity contribution is -0.669. The normalized spacial score (nSPS) is 17.2. The van der Waals surface area contributed by atoms with Gasteiger partial charge in [0.2, 0.25) is 17.1 Å². The van der Waals surface area contributed by atoms with E-state index in [-0.39, 0.29) is 11.8 Å². The molecule has 7 aromatic rings. The lowest BCUT2D eigenvalue weighted by Gasteiger charge is -2.39. The molecule has 180 valence electrons. The largest absolute Gasteiger partial charge is 0.471 e. The van der Waals surface area contributed by atoms with Crippen LogP contribution in [0.2, 0.25) is 0 Å². The zero-order valence-electron chi connectivity index (χ0n) is 20.9. The van der Waals surface area contributed by atoms with E-state index in [1.54, 1.807) is 6.20 Å². The number of aromatic nitrogens is 3. The number of hydrogen-bond acceptors (Lipinski definition) is 4. The number of aryl methyl sites for hydroxylation is 1. The van der Waals surface area contributed by atoms with Gasteiger partial charge in [0.05, 0.1) is 36.1 Å². The Kier molecular flexibility index (Phi) is 3.72. The van der Waals surface area contributed by atoms with Gasteiger partial charge in [-0.05, 0) is 59.0 Å². The van der Waals surface area contributed by atoms with Crippen LogP contribution in [-0.4, -0.2) is 9.97 Å². The van der Waals surface area contributed by atoms with Gasteiger partial charge < -0.3 is 8.83 Å². The molecule has 0 radical (unpaired) electrons. The highest BCUT2D eigenvalue weighted by Gasteiger charge is 2.48. The molecule has 3 aromatic carbocycles. The zero-order valence-corrected chi connectivity index (χ0v) is 20.9. The molecule has 0 saturated heterocycles. The van der Waals surface area contributed by atoms with E-state index in [4.69, 9.17) is 13.8 Å². The third kappa shape index (κ3) is 2.39. The zero-order chi connectivity index (χ0) is 25.1. The number of benzene rings is 3. The summed E-state index contributed by atoms with van der Waals surface area (Å²) in [6.45, 7) is 2.14. The smallest absolute Gasteiger partial charge is 0.235 e. The summed E-state index contributed by atoms with van der Waals surface area (Å²) < 4.78 is 14.3. The first-order chi connectivity index (χ1) is 18.7. The predicted octanol–water partition coefficient (Wildman–Crippen LogP) is 6.91. The van der Waals surface area contributed by atoms with Gasteiger partial charge >= 0.3 is 0 Å². The first-order valence-corrected chi connectivity index (χ1v) is 12.9. The maximum atomic E-state index is 6.37. The first-order valence-electron chi connectivity index (χ1n) is 12.9. The first kappa shape index (κ1) is 20.3. The number of nitrogens with zero attached hydrogens (tertiary/aromatic N) is 3. The van der Waals surface area contributed by atoms with Crippen LogP contribution in [0.4, 0.5) is 0 Å². The summed E-state index contributed by atoms with van der Waals surface area (Å²) in [7, 11) is 2.17. The fourth-order valence-electron chi connectivity index (χ4n) is 6.99. The Morgan fingerprint density at radius 1 is 0.789 bits per heavy atom. The molecular formula is C33H22N3O2+. The Morgan fingerprint density at radius 2 is 1.55 bits per heavy atom. The second kappa shape index (κ2) is 6.95. The Labute approximate surface area is 218 Å². The predicted molar refractivity (Wildman–Crippen MR) is 145 cm³/mol. The van der Waals surface area contributed by atoms with Crippen molar-refractivity contribution < 1.29 is 13.4 Å². The molecule has 3 aliphatic carbocycles. The van der Waals surface area contributed by atoms with Crippen LogP contribution < -0.4 is 4.57 Å². The van der Waals surface area contributed by atoms with Gasteiger partial charge in [0.25, 0.3) is 0 Å². The van der Waals surface area contributed by atoms with E-state index in [0.717, 1.165) is 49.6 Å². The quantitative estimate of drug-likeness (QED) is 0.234. The van der Waals surface area contributed by atoms with Gasteiger partial charge in [0.1, 0.15) is 12.7 Å². The number of fused-ring (bicyclic) bond motifs is 4. The van der Waals surface area contributed by atoms with Crippen molar-refractivity contribution in [2.24, 2.45) is 7.05 Å². The lowest BCUT2D eigenvalue weighted by atomic mass is 9.63. The molecule has 3 aliphatic rings. The van der Waals surface area contributed by atoms with E-state index in [1.807, 2.05) is 24.8 Å². The van der Waals surface area contributed by atoms with Crippen molar-refractivity contribution in [2.45, 2.75) is 18.8 Å². The topological polar surface area (TPSA) is 55.9 Å². The maximum absolute atomic E-state index is 6.37. The summed E-state index contributed by atoms with van der Waals surface area (Å²) in [5, 5.41) is 4.38. The molecular weight excluding hydrogens is 470 g/mol. The second-order valence-corrected chi connectivity index (χ2v) is 10.5. The molecule has 0 N–H and O–H groups in total. The fourth-order valence-corrected chi connectivity index (χ4v) is 6.99. The van der Waals surface area contributed by atoms with E-state index < -0.39 is 0 Å². The number of pyridine rings is 1. The summed E-state index contributed by atoms with van der Waals surface area (Å²) in [6, 6.07) is 21.8. The van der Waals surface area contributed by atoms with E-state index in [0.29, 0.717) is 5.71 Å². The highest BCUT2D eigenvalue weighted by molar-refractivity contribution is 6.08. The minimum Gasteiger partial charge on any atom is -0.471 e. The number of rotatable bonds is 1. The van der Waals surface area contributed by atoms with Crippen molar-refractivity contribution in [1.29, 1.82) is 0 Å². The standard InChI is InChI=1S/C33H22N3O2/c1-17-9-10-22-23-8-5-11-34-33(23)38-32(22)27(17)26-14-35-30-28-20-6-3-4-7-21(20)29(31(30)36(26)2)25-13-19-16-37-15-18(19)12-24(25)28/h3-16,28-29H,1-2H3/q+1. The van der Waals surface area contributed by atoms with Gasteiger partial charge in [0.15, 0.2) is 5.58 Å². The maximum Gasteiger partial charge on any atom is 0.235 e. The average Bonchev–Trinajstić information content (AvgIpc) is 3.56. The van der Waals surface area contributed by atoms with Crippen molar-refractivity contribution in [3.8, 4) is 11.3 Å². The van der Waals surface area contributed by atoms with Crippen LogP contribution in [0.1, 0.15) is 51.0 Å². The number of furan rings is 2. The van der Waals surface area contributed by atoms with Crippen molar-refractivity contribution in [2.75, 3.05) is 0 Å². The van der Waals surface area contributed by atoms with Gasteiger partial charge in [-0.3, -0.25) is 0 Å². The van der Waals surface area contributed by atoms with Gasteiger partial charge in [-0.25, -0.2) is 9.97 Å². The van der Waals surface area contributed by atoms with Crippen molar-refractivity contribution in [3.63, 3.8) is 0 Å². The Hall–Kier alpha value is -4.77. The summed E-state index contributed by atoms with van der Waals surface area (Å²) in [6.07, 6.45) is 7.49. The SMILES string of the molecule is Cc1ccc2c(oc3ncccc32)c1-c1cnc2c([n+]1C)C1c3ccccc3C2c2cc3cocc3cc21. The molecule has 2 bridgehead atoms. The van der Waals surface area contributed by atoms with E-state index in [2.05, 4.69) is 78.1 Å². The molecule has 5 heteroatoms. The minimum absolute atomic E-state index is 0.0908. The van der Waals surface area contributed by atoms with Gasteiger partial charge in [-0.15, -0.1) is 0 Å². The third-order valence-electron chi connectivity index (χ3n) is 8.66. The van der Waals surface area contributed by atoms with Crippen LogP contribution in [0, 0.1) is 6.92 Å². The molecule has 0 spiro atoms. The molecule has 5 nitrogen and oxygen atoms in total. The molecule has 2 atom stereocenters. The highest BCUT2D eigenvalue weighted by atomic mass is 16.3.